The second kappa shape index (κ2) is 7.69. The summed E-state index contributed by atoms with van der Waals surface area (Å²) in [4.78, 5) is 12.8. The molecule has 0 aliphatic carbocycles. The Morgan fingerprint density at radius 1 is 1.44 bits per heavy atom. The maximum atomic E-state index is 11.8. The van der Waals surface area contributed by atoms with Crippen LogP contribution in [-0.2, 0) is 4.79 Å². The molecule has 3 nitrogen and oxygen atoms in total. The number of carbonyl (C=O) groups is 1. The van der Waals surface area contributed by atoms with E-state index in [1.54, 1.807) is 0 Å². The largest absolute Gasteiger partial charge is 0.399 e. The highest BCUT2D eigenvalue weighted by molar-refractivity contribution is 9.10. The summed E-state index contributed by atoms with van der Waals surface area (Å²) in [5.74, 6) is 0.511. The van der Waals surface area contributed by atoms with Crippen LogP contribution in [0.2, 0.25) is 0 Å². The van der Waals surface area contributed by atoms with Crippen LogP contribution in [0.5, 0.6) is 0 Å². The van der Waals surface area contributed by atoms with Gasteiger partial charge in [0.2, 0.25) is 5.91 Å². The van der Waals surface area contributed by atoms with Crippen molar-refractivity contribution in [2.24, 2.45) is 0 Å². The van der Waals surface area contributed by atoms with Crippen molar-refractivity contribution >= 4 is 39.3 Å². The summed E-state index contributed by atoms with van der Waals surface area (Å²) < 4.78 is 0.933. The van der Waals surface area contributed by atoms with E-state index in [0.717, 1.165) is 22.2 Å². The predicted molar refractivity (Wildman–Crippen MR) is 81.8 cm³/mol. The third-order valence-corrected chi connectivity index (χ3v) is 4.66. The smallest absolute Gasteiger partial charge is 0.230 e. The minimum Gasteiger partial charge on any atom is -0.399 e. The van der Waals surface area contributed by atoms with E-state index in [0.29, 0.717) is 11.4 Å². The Balaban J connectivity index is 2.47. The van der Waals surface area contributed by atoms with Gasteiger partial charge in [-0.05, 0) is 47.0 Å². The number of halogens is 1. The van der Waals surface area contributed by atoms with Gasteiger partial charge in [-0.15, -0.1) is 11.8 Å². The number of rotatable bonds is 6. The lowest BCUT2D eigenvalue weighted by Crippen LogP contribution is -2.34. The summed E-state index contributed by atoms with van der Waals surface area (Å²) in [5.41, 5.74) is 6.38. The summed E-state index contributed by atoms with van der Waals surface area (Å²) in [5, 5.41) is 3.02. The molecule has 0 aliphatic rings. The first kappa shape index (κ1) is 15.4. The first-order valence-electron chi connectivity index (χ1n) is 6.04. The van der Waals surface area contributed by atoms with Crippen molar-refractivity contribution in [2.45, 2.75) is 37.6 Å². The van der Waals surface area contributed by atoms with Crippen molar-refractivity contribution in [3.63, 3.8) is 0 Å². The lowest BCUT2D eigenvalue weighted by molar-refractivity contribution is -0.119. The lowest BCUT2D eigenvalue weighted by Gasteiger charge is -2.14. The highest BCUT2D eigenvalue weighted by Gasteiger charge is 2.09. The molecule has 0 spiro atoms. The molecule has 0 aliphatic heterocycles. The van der Waals surface area contributed by atoms with Crippen molar-refractivity contribution in [1.82, 2.24) is 5.32 Å². The highest BCUT2D eigenvalue weighted by atomic mass is 79.9. The molecule has 100 valence electrons. The Hall–Kier alpha value is -0.680. The number of benzene rings is 1. The predicted octanol–water partition coefficient (Wildman–Crippen LogP) is 3.43. The molecule has 1 aromatic rings. The van der Waals surface area contributed by atoms with Crippen molar-refractivity contribution in [3.8, 4) is 0 Å². The summed E-state index contributed by atoms with van der Waals surface area (Å²) in [7, 11) is 0. The Morgan fingerprint density at radius 2 is 2.11 bits per heavy atom. The number of amides is 1. The van der Waals surface area contributed by atoms with Gasteiger partial charge in [0, 0.05) is 21.1 Å². The number of hydrogen-bond donors (Lipinski definition) is 2. The monoisotopic (exact) mass is 330 g/mol. The topological polar surface area (TPSA) is 55.1 Å². The highest BCUT2D eigenvalue weighted by Crippen LogP contribution is 2.28. The Labute approximate surface area is 121 Å². The van der Waals surface area contributed by atoms with Gasteiger partial charge >= 0.3 is 0 Å². The van der Waals surface area contributed by atoms with Gasteiger partial charge in [-0.25, -0.2) is 0 Å². The third-order valence-electron chi connectivity index (χ3n) is 2.67. The molecule has 0 saturated carbocycles. The average Bonchev–Trinajstić information content (AvgIpc) is 2.35. The molecule has 3 N–H and O–H groups in total. The zero-order valence-corrected chi connectivity index (χ0v) is 13.1. The fourth-order valence-electron chi connectivity index (χ4n) is 1.54. The molecule has 0 atom stereocenters. The van der Waals surface area contributed by atoms with E-state index in [9.17, 15) is 4.79 Å². The summed E-state index contributed by atoms with van der Waals surface area (Å²) in [6, 6.07) is 5.90. The van der Waals surface area contributed by atoms with Crippen molar-refractivity contribution < 1.29 is 4.79 Å². The van der Waals surface area contributed by atoms with Gasteiger partial charge in [0.15, 0.2) is 0 Å². The van der Waals surface area contributed by atoms with Crippen LogP contribution in [0.4, 0.5) is 5.69 Å². The molecule has 0 saturated heterocycles. The van der Waals surface area contributed by atoms with E-state index in [1.807, 2.05) is 18.2 Å². The van der Waals surface area contributed by atoms with E-state index in [4.69, 9.17) is 5.73 Å². The standard InChI is InChI=1S/C13H19BrN2OS/c1-3-10(4-2)16-13(17)8-18-12-6-5-9(15)7-11(12)14/h5-7,10H,3-4,8,15H2,1-2H3,(H,16,17). The molecule has 0 aromatic heterocycles. The van der Waals surface area contributed by atoms with Gasteiger partial charge in [-0.3, -0.25) is 4.79 Å². The molecule has 1 aromatic carbocycles. The van der Waals surface area contributed by atoms with E-state index in [2.05, 4.69) is 35.1 Å². The fourth-order valence-corrected chi connectivity index (χ4v) is 3.01. The molecule has 0 heterocycles. The SMILES string of the molecule is CCC(CC)NC(=O)CSc1ccc(N)cc1Br. The van der Waals surface area contributed by atoms with Gasteiger partial charge in [0.05, 0.1) is 5.75 Å². The van der Waals surface area contributed by atoms with Crippen LogP contribution in [0.1, 0.15) is 26.7 Å². The maximum Gasteiger partial charge on any atom is 0.230 e. The normalized spacial score (nSPS) is 10.7. The molecule has 1 amide bonds. The summed E-state index contributed by atoms with van der Waals surface area (Å²) in [6.07, 6.45) is 1.94. The second-order valence-corrected chi connectivity index (χ2v) is 5.93. The van der Waals surface area contributed by atoms with Gasteiger partial charge in [0.1, 0.15) is 0 Å². The van der Waals surface area contributed by atoms with Crippen molar-refractivity contribution in [2.75, 3.05) is 11.5 Å². The van der Waals surface area contributed by atoms with Crippen molar-refractivity contribution in [3.05, 3.63) is 22.7 Å². The van der Waals surface area contributed by atoms with Gasteiger partial charge in [0.25, 0.3) is 0 Å². The van der Waals surface area contributed by atoms with Gasteiger partial charge < -0.3 is 11.1 Å². The summed E-state index contributed by atoms with van der Waals surface area (Å²) in [6.45, 7) is 4.16. The number of thioether (sulfide) groups is 1. The minimum absolute atomic E-state index is 0.0809. The quantitative estimate of drug-likeness (QED) is 0.620. The average molecular weight is 331 g/mol. The zero-order chi connectivity index (χ0) is 13.5. The molecule has 0 unspecified atom stereocenters. The maximum absolute atomic E-state index is 11.8. The lowest BCUT2D eigenvalue weighted by atomic mass is 10.2. The molecular formula is C13H19BrN2OS. The van der Waals surface area contributed by atoms with Crippen LogP contribution >= 0.6 is 27.7 Å². The first-order chi connectivity index (χ1) is 8.56. The molecule has 5 heteroatoms. The second-order valence-electron chi connectivity index (χ2n) is 4.06. The summed E-state index contributed by atoms with van der Waals surface area (Å²) >= 11 is 4.96. The number of hydrogen-bond acceptors (Lipinski definition) is 3. The molecule has 0 radical (unpaired) electrons. The zero-order valence-electron chi connectivity index (χ0n) is 10.7. The van der Waals surface area contributed by atoms with E-state index in [1.165, 1.54) is 11.8 Å². The van der Waals surface area contributed by atoms with E-state index >= 15 is 0 Å². The first-order valence-corrected chi connectivity index (χ1v) is 7.81. The Morgan fingerprint density at radius 3 is 2.67 bits per heavy atom. The number of anilines is 1. The molecular weight excluding hydrogens is 312 g/mol. The number of nitrogen functional groups attached to an aromatic ring is 1. The van der Waals surface area contributed by atoms with E-state index in [-0.39, 0.29) is 11.9 Å². The van der Waals surface area contributed by atoms with Crippen LogP contribution < -0.4 is 11.1 Å². The van der Waals surface area contributed by atoms with Crippen molar-refractivity contribution in [1.29, 1.82) is 0 Å². The van der Waals surface area contributed by atoms with Crippen LogP contribution in [0, 0.1) is 0 Å². The Kier molecular flexibility index (Phi) is 6.57. The van der Waals surface area contributed by atoms with Crippen LogP contribution in [0.3, 0.4) is 0 Å². The molecule has 1 rings (SSSR count). The van der Waals surface area contributed by atoms with E-state index < -0.39 is 0 Å². The third kappa shape index (κ3) is 4.90. The van der Waals surface area contributed by atoms with Crippen LogP contribution in [-0.4, -0.2) is 17.7 Å². The number of nitrogens with two attached hydrogens (primary N) is 1. The van der Waals surface area contributed by atoms with Crippen LogP contribution in [0.15, 0.2) is 27.6 Å². The minimum atomic E-state index is 0.0809. The Bertz CT molecular complexity index is 408. The molecule has 0 fully saturated rings. The number of carbonyl (C=O) groups excluding carboxylic acids is 1. The molecule has 18 heavy (non-hydrogen) atoms. The van der Waals surface area contributed by atoms with Crippen LogP contribution in [0.25, 0.3) is 0 Å². The molecule has 0 bridgehead atoms. The van der Waals surface area contributed by atoms with Gasteiger partial charge in [-0.2, -0.15) is 0 Å². The fraction of sp³-hybridized carbons (Fsp3) is 0.462. The number of nitrogens with one attached hydrogen (secondary N) is 1. The van der Waals surface area contributed by atoms with Gasteiger partial charge in [-0.1, -0.05) is 13.8 Å².